The van der Waals surface area contributed by atoms with Crippen LogP contribution in [-0.4, -0.2) is 29.3 Å². The molecule has 2 N–H and O–H groups in total. The zero-order valence-electron chi connectivity index (χ0n) is 9.32. The van der Waals surface area contributed by atoms with Crippen LogP contribution in [0.1, 0.15) is 11.6 Å². The molecule has 0 aliphatic rings. The molecule has 0 aliphatic heterocycles. The minimum absolute atomic E-state index is 0.00610. The third-order valence-electron chi connectivity index (χ3n) is 2.23. The SMILES string of the molecule is O=C(O)C(NC(=O)C(F)(F)C(F)F)c1ccccc1. The van der Waals surface area contributed by atoms with E-state index in [4.69, 9.17) is 5.11 Å². The molecule has 4 nitrogen and oxygen atoms in total. The van der Waals surface area contributed by atoms with Crippen LogP contribution in [0.5, 0.6) is 0 Å². The Morgan fingerprint density at radius 1 is 1.16 bits per heavy atom. The highest BCUT2D eigenvalue weighted by Gasteiger charge is 2.50. The predicted octanol–water partition coefficient (Wildman–Crippen LogP) is 1.83. The van der Waals surface area contributed by atoms with Crippen molar-refractivity contribution in [2.45, 2.75) is 18.4 Å². The van der Waals surface area contributed by atoms with Gasteiger partial charge in [0.1, 0.15) is 0 Å². The van der Waals surface area contributed by atoms with Crippen LogP contribution in [0.25, 0.3) is 0 Å². The van der Waals surface area contributed by atoms with Gasteiger partial charge in [-0.25, -0.2) is 13.6 Å². The van der Waals surface area contributed by atoms with Gasteiger partial charge in [0.2, 0.25) is 0 Å². The van der Waals surface area contributed by atoms with Crippen LogP contribution in [0.15, 0.2) is 30.3 Å². The molecule has 0 radical (unpaired) electrons. The third kappa shape index (κ3) is 3.43. The topological polar surface area (TPSA) is 66.4 Å². The number of carbonyl (C=O) groups is 2. The molecule has 104 valence electrons. The number of rotatable bonds is 5. The zero-order valence-corrected chi connectivity index (χ0v) is 9.32. The second kappa shape index (κ2) is 5.68. The average Bonchev–Trinajstić information content (AvgIpc) is 2.35. The number of carboxylic acids is 1. The lowest BCUT2D eigenvalue weighted by atomic mass is 10.1. The lowest BCUT2D eigenvalue weighted by molar-refractivity contribution is -0.171. The summed E-state index contributed by atoms with van der Waals surface area (Å²) in [6.45, 7) is 0. The van der Waals surface area contributed by atoms with Crippen LogP contribution in [-0.2, 0) is 9.59 Å². The number of aliphatic carboxylic acids is 1. The molecule has 0 bridgehead atoms. The first-order valence-corrected chi connectivity index (χ1v) is 5.01. The summed E-state index contributed by atoms with van der Waals surface area (Å²) in [5.74, 6) is -8.91. The van der Waals surface area contributed by atoms with Crippen LogP contribution < -0.4 is 5.32 Å². The quantitative estimate of drug-likeness (QED) is 0.808. The van der Waals surface area contributed by atoms with E-state index >= 15 is 0 Å². The third-order valence-corrected chi connectivity index (χ3v) is 2.23. The summed E-state index contributed by atoms with van der Waals surface area (Å²) < 4.78 is 49.4. The van der Waals surface area contributed by atoms with Gasteiger partial charge in [0.05, 0.1) is 0 Å². The molecule has 0 spiro atoms. The molecule has 0 fully saturated rings. The normalized spacial score (nSPS) is 13.1. The summed E-state index contributed by atoms with van der Waals surface area (Å²) in [7, 11) is 0. The number of hydrogen-bond donors (Lipinski definition) is 2. The molecule has 0 heterocycles. The number of nitrogens with one attached hydrogen (secondary N) is 1. The van der Waals surface area contributed by atoms with E-state index in [1.54, 1.807) is 0 Å². The number of halogens is 4. The molecule has 1 unspecified atom stereocenters. The maximum Gasteiger partial charge on any atom is 0.383 e. The fraction of sp³-hybridized carbons (Fsp3) is 0.273. The average molecular weight is 279 g/mol. The van der Waals surface area contributed by atoms with Crippen molar-refractivity contribution < 1.29 is 32.3 Å². The van der Waals surface area contributed by atoms with Crippen molar-refractivity contribution in [3.05, 3.63) is 35.9 Å². The molecule has 1 atom stereocenters. The first-order valence-electron chi connectivity index (χ1n) is 5.01. The van der Waals surface area contributed by atoms with Gasteiger partial charge in [-0.05, 0) is 5.56 Å². The summed E-state index contributed by atoms with van der Waals surface area (Å²) >= 11 is 0. The largest absolute Gasteiger partial charge is 0.479 e. The van der Waals surface area contributed by atoms with Crippen molar-refractivity contribution in [2.24, 2.45) is 0 Å². The van der Waals surface area contributed by atoms with Crippen molar-refractivity contribution in [1.82, 2.24) is 5.32 Å². The zero-order chi connectivity index (χ0) is 14.6. The van der Waals surface area contributed by atoms with E-state index in [1.807, 2.05) is 0 Å². The summed E-state index contributed by atoms with van der Waals surface area (Å²) in [6, 6.07) is 5.08. The van der Waals surface area contributed by atoms with Crippen LogP contribution in [0, 0.1) is 0 Å². The Morgan fingerprint density at radius 3 is 2.11 bits per heavy atom. The van der Waals surface area contributed by atoms with Crippen LogP contribution in [0.3, 0.4) is 0 Å². The van der Waals surface area contributed by atoms with Gasteiger partial charge < -0.3 is 10.4 Å². The summed E-state index contributed by atoms with van der Waals surface area (Å²) in [5, 5.41) is 10.2. The Balaban J connectivity index is 2.93. The van der Waals surface area contributed by atoms with Gasteiger partial charge in [-0.1, -0.05) is 30.3 Å². The van der Waals surface area contributed by atoms with E-state index in [-0.39, 0.29) is 5.56 Å². The van der Waals surface area contributed by atoms with Gasteiger partial charge in [-0.2, -0.15) is 8.78 Å². The molecule has 0 aliphatic carbocycles. The molecule has 19 heavy (non-hydrogen) atoms. The van der Waals surface area contributed by atoms with Crippen molar-refractivity contribution in [3.8, 4) is 0 Å². The fourth-order valence-corrected chi connectivity index (χ4v) is 1.26. The summed E-state index contributed by atoms with van der Waals surface area (Å²) in [6.07, 6.45) is -4.21. The first kappa shape index (κ1) is 14.9. The smallest absolute Gasteiger partial charge is 0.383 e. The number of amides is 1. The minimum Gasteiger partial charge on any atom is -0.479 e. The Labute approximate surface area is 105 Å². The second-order valence-corrected chi connectivity index (χ2v) is 3.58. The van der Waals surface area contributed by atoms with E-state index in [2.05, 4.69) is 0 Å². The molecule has 0 aromatic heterocycles. The highest BCUT2D eigenvalue weighted by atomic mass is 19.3. The standard InChI is InChI=1S/C11H9F4NO3/c12-9(13)11(14,15)10(19)16-7(8(17)18)6-4-2-1-3-5-6/h1-5,7,9H,(H,16,19)(H,17,18). The Kier molecular flexibility index (Phi) is 4.47. The van der Waals surface area contributed by atoms with E-state index in [9.17, 15) is 27.2 Å². The Hall–Kier alpha value is -2.12. The van der Waals surface area contributed by atoms with Crippen molar-refractivity contribution in [2.75, 3.05) is 0 Å². The monoisotopic (exact) mass is 279 g/mol. The van der Waals surface area contributed by atoms with Crippen molar-refractivity contribution in [1.29, 1.82) is 0 Å². The molecule has 1 rings (SSSR count). The molecular formula is C11H9F4NO3. The lowest BCUT2D eigenvalue weighted by Crippen LogP contribution is -2.48. The highest BCUT2D eigenvalue weighted by Crippen LogP contribution is 2.24. The first-order chi connectivity index (χ1) is 8.76. The summed E-state index contributed by atoms with van der Waals surface area (Å²) in [5.41, 5.74) is -0.00610. The summed E-state index contributed by atoms with van der Waals surface area (Å²) in [4.78, 5) is 21.9. The van der Waals surface area contributed by atoms with Gasteiger partial charge in [0.25, 0.3) is 5.91 Å². The number of carbonyl (C=O) groups excluding carboxylic acids is 1. The van der Waals surface area contributed by atoms with Gasteiger partial charge in [0, 0.05) is 0 Å². The van der Waals surface area contributed by atoms with E-state index in [1.165, 1.54) is 35.6 Å². The van der Waals surface area contributed by atoms with Crippen LogP contribution >= 0.6 is 0 Å². The predicted molar refractivity (Wildman–Crippen MR) is 55.9 cm³/mol. The second-order valence-electron chi connectivity index (χ2n) is 3.58. The molecule has 1 amide bonds. The fourth-order valence-electron chi connectivity index (χ4n) is 1.26. The number of benzene rings is 1. The van der Waals surface area contributed by atoms with Gasteiger partial charge in [0.15, 0.2) is 6.04 Å². The van der Waals surface area contributed by atoms with E-state index in [0.717, 1.165) is 0 Å². The number of hydrogen-bond acceptors (Lipinski definition) is 2. The Bertz CT molecular complexity index is 464. The van der Waals surface area contributed by atoms with Crippen LogP contribution in [0.4, 0.5) is 17.6 Å². The molecule has 1 aromatic carbocycles. The molecule has 0 saturated heterocycles. The maximum atomic E-state index is 12.7. The van der Waals surface area contributed by atoms with Gasteiger partial charge in [-0.3, -0.25) is 4.79 Å². The maximum absolute atomic E-state index is 12.7. The molecule has 1 aromatic rings. The van der Waals surface area contributed by atoms with E-state index < -0.39 is 30.3 Å². The molecular weight excluding hydrogens is 270 g/mol. The van der Waals surface area contributed by atoms with Crippen molar-refractivity contribution >= 4 is 11.9 Å². The molecule has 8 heteroatoms. The highest BCUT2D eigenvalue weighted by molar-refractivity contribution is 5.89. The van der Waals surface area contributed by atoms with Crippen LogP contribution in [0.2, 0.25) is 0 Å². The minimum atomic E-state index is -4.94. The number of alkyl halides is 4. The van der Waals surface area contributed by atoms with E-state index in [0.29, 0.717) is 0 Å². The lowest BCUT2D eigenvalue weighted by Gasteiger charge is -2.19. The Morgan fingerprint density at radius 2 is 1.68 bits per heavy atom. The van der Waals surface area contributed by atoms with Gasteiger partial charge in [-0.15, -0.1) is 0 Å². The van der Waals surface area contributed by atoms with Gasteiger partial charge >= 0.3 is 18.3 Å². The molecule has 0 saturated carbocycles. The number of carboxylic acid groups (broad SMARTS) is 1. The van der Waals surface area contributed by atoms with Crippen molar-refractivity contribution in [3.63, 3.8) is 0 Å².